The van der Waals surface area contributed by atoms with E-state index in [1.807, 2.05) is 0 Å². The van der Waals surface area contributed by atoms with Crippen molar-refractivity contribution in [1.82, 2.24) is 9.97 Å². The molecule has 0 aliphatic rings. The lowest BCUT2D eigenvalue weighted by molar-refractivity contribution is -0.0522. The Balaban J connectivity index is 1.95. The van der Waals surface area contributed by atoms with Gasteiger partial charge in [-0.05, 0) is 24.3 Å². The third kappa shape index (κ3) is 5.07. The van der Waals surface area contributed by atoms with Crippen LogP contribution in [0.3, 0.4) is 0 Å². The summed E-state index contributed by atoms with van der Waals surface area (Å²) in [7, 11) is 0. The second-order valence-electron chi connectivity index (χ2n) is 5.45. The van der Waals surface area contributed by atoms with E-state index in [-0.39, 0.29) is 24.3 Å². The summed E-state index contributed by atoms with van der Waals surface area (Å²) >= 11 is 0. The number of nitrogens with zero attached hydrogens (tertiary/aromatic N) is 2. The monoisotopic (exact) mass is 346 g/mol. The lowest BCUT2D eigenvalue weighted by Crippen LogP contribution is -2.41. The van der Waals surface area contributed by atoms with E-state index in [4.69, 9.17) is 9.47 Å². The molecule has 0 amide bonds. The molecule has 2 N–H and O–H groups in total. The molecule has 0 bridgehead atoms. The molecule has 0 fully saturated rings. The Kier molecular flexibility index (Phi) is 6.55. The van der Waals surface area contributed by atoms with Crippen molar-refractivity contribution in [1.29, 1.82) is 0 Å². The van der Waals surface area contributed by atoms with E-state index in [0.29, 0.717) is 0 Å². The topological polar surface area (TPSA) is 119 Å². The van der Waals surface area contributed by atoms with Crippen LogP contribution in [-0.2, 0) is 9.47 Å². The van der Waals surface area contributed by atoms with Crippen molar-refractivity contribution in [3.63, 3.8) is 0 Å². The van der Waals surface area contributed by atoms with Gasteiger partial charge in [0, 0.05) is 24.8 Å². The number of hydrogen-bond donors (Lipinski definition) is 2. The molecule has 8 heteroatoms. The smallest absolute Gasteiger partial charge is 0.339 e. The Labute approximate surface area is 144 Å². The fraction of sp³-hybridized carbons (Fsp3) is 0.294. The third-order valence-electron chi connectivity index (χ3n) is 3.48. The maximum absolute atomic E-state index is 11.9. The normalized spacial score (nSPS) is 11.0. The van der Waals surface area contributed by atoms with E-state index in [9.17, 15) is 19.8 Å². The van der Waals surface area contributed by atoms with Gasteiger partial charge in [0.05, 0.1) is 29.8 Å². The van der Waals surface area contributed by atoms with Crippen LogP contribution in [0.2, 0.25) is 0 Å². The summed E-state index contributed by atoms with van der Waals surface area (Å²) in [4.78, 5) is 31.5. The minimum absolute atomic E-state index is 0.236. The molecule has 2 aromatic rings. The van der Waals surface area contributed by atoms with Crippen molar-refractivity contribution in [2.45, 2.75) is 0 Å². The van der Waals surface area contributed by atoms with Gasteiger partial charge in [-0.25, -0.2) is 9.59 Å². The number of ether oxygens (including phenoxy) is 2. The SMILES string of the molecule is O=C(OCC(CO)(CO)COC(=O)c1cccnc1)c1cccnc1. The van der Waals surface area contributed by atoms with E-state index in [1.165, 1.54) is 36.9 Å². The zero-order valence-corrected chi connectivity index (χ0v) is 13.4. The van der Waals surface area contributed by atoms with Crippen molar-refractivity contribution in [2.75, 3.05) is 26.4 Å². The van der Waals surface area contributed by atoms with Gasteiger partial charge in [0.25, 0.3) is 0 Å². The van der Waals surface area contributed by atoms with Gasteiger partial charge >= 0.3 is 11.9 Å². The molecule has 132 valence electrons. The summed E-state index contributed by atoms with van der Waals surface area (Å²) in [5.41, 5.74) is -0.838. The van der Waals surface area contributed by atoms with Crippen molar-refractivity contribution in [3.05, 3.63) is 60.2 Å². The minimum Gasteiger partial charge on any atom is -0.461 e. The number of aliphatic hydroxyl groups is 2. The van der Waals surface area contributed by atoms with Crippen LogP contribution in [-0.4, -0.2) is 58.5 Å². The first-order valence-electron chi connectivity index (χ1n) is 7.46. The number of hydrogen-bond acceptors (Lipinski definition) is 8. The van der Waals surface area contributed by atoms with Crippen LogP contribution in [0.1, 0.15) is 20.7 Å². The van der Waals surface area contributed by atoms with E-state index < -0.39 is 30.6 Å². The Bertz CT molecular complexity index is 631. The van der Waals surface area contributed by atoms with Crippen LogP contribution in [0.25, 0.3) is 0 Å². The molecule has 0 spiro atoms. The fourth-order valence-electron chi connectivity index (χ4n) is 1.85. The third-order valence-corrected chi connectivity index (χ3v) is 3.48. The highest BCUT2D eigenvalue weighted by molar-refractivity contribution is 5.89. The van der Waals surface area contributed by atoms with Crippen molar-refractivity contribution in [2.24, 2.45) is 5.41 Å². The maximum Gasteiger partial charge on any atom is 0.339 e. The highest BCUT2D eigenvalue weighted by Crippen LogP contribution is 2.19. The first kappa shape index (κ1) is 18.5. The lowest BCUT2D eigenvalue weighted by atomic mass is 9.92. The molecule has 0 atom stereocenters. The minimum atomic E-state index is -1.31. The lowest BCUT2D eigenvalue weighted by Gasteiger charge is -2.28. The highest BCUT2D eigenvalue weighted by atomic mass is 16.6. The van der Waals surface area contributed by atoms with Crippen LogP contribution in [0.5, 0.6) is 0 Å². The summed E-state index contributed by atoms with van der Waals surface area (Å²) in [6.45, 7) is -1.73. The molecule has 25 heavy (non-hydrogen) atoms. The average molecular weight is 346 g/mol. The molecule has 0 aliphatic carbocycles. The molecule has 2 rings (SSSR count). The molecule has 0 aromatic carbocycles. The Morgan fingerprint density at radius 1 is 0.880 bits per heavy atom. The summed E-state index contributed by atoms with van der Waals surface area (Å²) in [5, 5.41) is 19.2. The first-order chi connectivity index (χ1) is 12.1. The molecule has 2 heterocycles. The number of carbonyl (C=O) groups excluding carboxylic acids is 2. The zero-order valence-electron chi connectivity index (χ0n) is 13.4. The van der Waals surface area contributed by atoms with Crippen molar-refractivity contribution >= 4 is 11.9 Å². The largest absolute Gasteiger partial charge is 0.461 e. The molecule has 8 nitrogen and oxygen atoms in total. The van der Waals surface area contributed by atoms with E-state index in [0.717, 1.165) is 0 Å². The van der Waals surface area contributed by atoms with Crippen LogP contribution >= 0.6 is 0 Å². The molecule has 0 radical (unpaired) electrons. The van der Waals surface area contributed by atoms with Gasteiger partial charge in [-0.2, -0.15) is 0 Å². The van der Waals surface area contributed by atoms with Crippen molar-refractivity contribution < 1.29 is 29.3 Å². The molecule has 0 saturated carbocycles. The number of pyridine rings is 2. The van der Waals surface area contributed by atoms with E-state index >= 15 is 0 Å². The number of esters is 2. The van der Waals surface area contributed by atoms with Crippen LogP contribution in [0.15, 0.2) is 49.1 Å². The molecular weight excluding hydrogens is 328 g/mol. The van der Waals surface area contributed by atoms with E-state index in [1.54, 1.807) is 12.1 Å². The Morgan fingerprint density at radius 2 is 1.32 bits per heavy atom. The average Bonchev–Trinajstić information content (AvgIpc) is 2.69. The molecular formula is C17H18N2O6. The maximum atomic E-state index is 11.9. The zero-order chi connectivity index (χ0) is 18.1. The van der Waals surface area contributed by atoms with Crippen LogP contribution < -0.4 is 0 Å². The number of aliphatic hydroxyl groups excluding tert-OH is 2. The quantitative estimate of drug-likeness (QED) is 0.662. The molecule has 0 saturated heterocycles. The van der Waals surface area contributed by atoms with Crippen molar-refractivity contribution in [3.8, 4) is 0 Å². The predicted molar refractivity (Wildman–Crippen MR) is 85.6 cm³/mol. The number of carbonyl (C=O) groups is 2. The predicted octanol–water partition coefficient (Wildman–Crippen LogP) is 0.461. The van der Waals surface area contributed by atoms with E-state index in [2.05, 4.69) is 9.97 Å². The van der Waals surface area contributed by atoms with Crippen LogP contribution in [0.4, 0.5) is 0 Å². The van der Waals surface area contributed by atoms with Gasteiger partial charge in [-0.3, -0.25) is 9.97 Å². The fourth-order valence-corrected chi connectivity index (χ4v) is 1.85. The summed E-state index contributed by atoms with van der Waals surface area (Å²) in [6.07, 6.45) is 5.70. The first-order valence-corrected chi connectivity index (χ1v) is 7.46. The highest BCUT2D eigenvalue weighted by Gasteiger charge is 2.33. The van der Waals surface area contributed by atoms with Gasteiger partial charge in [0.1, 0.15) is 13.2 Å². The van der Waals surface area contributed by atoms with Gasteiger partial charge < -0.3 is 19.7 Å². The second-order valence-corrected chi connectivity index (χ2v) is 5.45. The standard InChI is InChI=1S/C17H18N2O6/c20-9-17(10-21,11-24-15(22)13-3-1-5-18-7-13)12-25-16(23)14-4-2-6-19-8-14/h1-8,20-21H,9-12H2. The Hall–Kier alpha value is -2.84. The molecule has 0 aliphatic heterocycles. The molecule has 2 aromatic heterocycles. The number of aromatic nitrogens is 2. The summed E-state index contributed by atoms with van der Waals surface area (Å²) < 4.78 is 10.2. The summed E-state index contributed by atoms with van der Waals surface area (Å²) in [6, 6.07) is 6.21. The molecule has 0 unspecified atom stereocenters. The number of rotatable bonds is 8. The van der Waals surface area contributed by atoms with Gasteiger partial charge in [-0.15, -0.1) is 0 Å². The van der Waals surface area contributed by atoms with Gasteiger partial charge in [-0.1, -0.05) is 0 Å². The summed E-state index contributed by atoms with van der Waals surface area (Å²) in [5.74, 6) is -1.31. The van der Waals surface area contributed by atoms with Crippen LogP contribution in [0, 0.1) is 5.41 Å². The Morgan fingerprint density at radius 3 is 1.64 bits per heavy atom. The van der Waals surface area contributed by atoms with Gasteiger partial charge in [0.2, 0.25) is 0 Å². The van der Waals surface area contributed by atoms with Gasteiger partial charge in [0.15, 0.2) is 0 Å². The second kappa shape index (κ2) is 8.86.